The standard InChI is InChI=1S/C21H29N3O5/c1-13-7-5-6-10-24(13)12-15-18(20(25)29-4)19(23-21(26)22-15)14-8-9-16(27-2)17(11-14)28-3/h8-9,11,13,19H,5-7,10,12H2,1-4H3,(H2,22,23,26)/t13-,19+/m1/s1. The zero-order valence-corrected chi connectivity index (χ0v) is 17.4. The molecule has 0 spiro atoms. The third-order valence-corrected chi connectivity index (χ3v) is 5.60. The molecule has 2 N–H and O–H groups in total. The summed E-state index contributed by atoms with van der Waals surface area (Å²) in [5.41, 5.74) is 1.69. The number of piperidine rings is 1. The Morgan fingerprint density at radius 1 is 1.17 bits per heavy atom. The zero-order chi connectivity index (χ0) is 21.0. The summed E-state index contributed by atoms with van der Waals surface area (Å²) < 4.78 is 15.7. The van der Waals surface area contributed by atoms with E-state index >= 15 is 0 Å². The molecule has 1 saturated heterocycles. The van der Waals surface area contributed by atoms with E-state index in [1.807, 2.05) is 6.07 Å². The summed E-state index contributed by atoms with van der Waals surface area (Å²) in [6.45, 7) is 3.60. The van der Waals surface area contributed by atoms with Gasteiger partial charge in [-0.2, -0.15) is 0 Å². The molecular formula is C21H29N3O5. The van der Waals surface area contributed by atoms with E-state index in [-0.39, 0.29) is 6.03 Å². The van der Waals surface area contributed by atoms with Gasteiger partial charge in [0.15, 0.2) is 11.5 Å². The topological polar surface area (TPSA) is 89.1 Å². The molecule has 8 nitrogen and oxygen atoms in total. The molecule has 2 amide bonds. The third-order valence-electron chi connectivity index (χ3n) is 5.60. The minimum absolute atomic E-state index is 0.350. The van der Waals surface area contributed by atoms with E-state index < -0.39 is 12.0 Å². The number of esters is 1. The summed E-state index contributed by atoms with van der Waals surface area (Å²) in [5.74, 6) is 0.618. The molecule has 2 aliphatic heterocycles. The molecule has 0 saturated carbocycles. The van der Waals surface area contributed by atoms with Gasteiger partial charge in [0.2, 0.25) is 0 Å². The number of ether oxygens (including phenoxy) is 3. The zero-order valence-electron chi connectivity index (χ0n) is 17.4. The highest BCUT2D eigenvalue weighted by Crippen LogP contribution is 2.34. The van der Waals surface area contributed by atoms with Crippen LogP contribution in [0.15, 0.2) is 29.5 Å². The van der Waals surface area contributed by atoms with Crippen molar-refractivity contribution >= 4 is 12.0 Å². The van der Waals surface area contributed by atoms with Crippen molar-refractivity contribution < 1.29 is 23.8 Å². The summed E-state index contributed by atoms with van der Waals surface area (Å²) >= 11 is 0. The normalized spacial score (nSPS) is 22.6. The van der Waals surface area contributed by atoms with E-state index in [2.05, 4.69) is 22.5 Å². The molecule has 1 aromatic rings. The molecule has 1 aromatic carbocycles. The molecule has 0 unspecified atom stereocenters. The lowest BCUT2D eigenvalue weighted by atomic mass is 9.94. The fourth-order valence-corrected chi connectivity index (χ4v) is 3.97. The second-order valence-corrected chi connectivity index (χ2v) is 7.34. The maximum Gasteiger partial charge on any atom is 0.338 e. The number of carbonyl (C=O) groups is 2. The molecular weight excluding hydrogens is 374 g/mol. The molecule has 29 heavy (non-hydrogen) atoms. The number of amides is 2. The Labute approximate surface area is 171 Å². The largest absolute Gasteiger partial charge is 0.493 e. The van der Waals surface area contributed by atoms with Crippen molar-refractivity contribution in [3.63, 3.8) is 0 Å². The first kappa shape index (κ1) is 21.0. The van der Waals surface area contributed by atoms with E-state index in [1.165, 1.54) is 13.5 Å². The molecule has 0 radical (unpaired) electrons. The first-order chi connectivity index (χ1) is 14.0. The van der Waals surface area contributed by atoms with Gasteiger partial charge in [-0.25, -0.2) is 9.59 Å². The molecule has 3 rings (SSSR count). The Morgan fingerprint density at radius 2 is 1.93 bits per heavy atom. The molecule has 158 valence electrons. The second-order valence-electron chi connectivity index (χ2n) is 7.34. The van der Waals surface area contributed by atoms with Crippen molar-refractivity contribution in [2.75, 3.05) is 34.4 Å². The number of hydrogen-bond donors (Lipinski definition) is 2. The molecule has 0 bridgehead atoms. The van der Waals surface area contributed by atoms with Gasteiger partial charge in [-0.3, -0.25) is 4.90 Å². The van der Waals surface area contributed by atoms with Gasteiger partial charge >= 0.3 is 12.0 Å². The van der Waals surface area contributed by atoms with E-state index in [0.717, 1.165) is 19.4 Å². The van der Waals surface area contributed by atoms with Crippen LogP contribution in [-0.2, 0) is 9.53 Å². The highest BCUT2D eigenvalue weighted by Gasteiger charge is 2.35. The number of nitrogens with zero attached hydrogens (tertiary/aromatic N) is 1. The number of methoxy groups -OCH3 is 3. The number of urea groups is 1. The number of rotatable bonds is 6. The molecule has 2 heterocycles. The van der Waals surface area contributed by atoms with E-state index in [4.69, 9.17) is 14.2 Å². The van der Waals surface area contributed by atoms with E-state index in [9.17, 15) is 9.59 Å². The second kappa shape index (κ2) is 9.17. The highest BCUT2D eigenvalue weighted by atomic mass is 16.5. The SMILES string of the molecule is COC(=O)C1=C(CN2CCCC[C@H]2C)NC(=O)N[C@H]1c1ccc(OC)c(OC)c1. The molecule has 1 fully saturated rings. The fourth-order valence-electron chi connectivity index (χ4n) is 3.97. The van der Waals surface area contributed by atoms with Gasteiger partial charge in [0.25, 0.3) is 0 Å². The van der Waals surface area contributed by atoms with Crippen LogP contribution in [0.4, 0.5) is 4.79 Å². The number of likely N-dealkylation sites (tertiary alicyclic amines) is 1. The Balaban J connectivity index is 2.02. The summed E-state index contributed by atoms with van der Waals surface area (Å²) in [5, 5.41) is 5.67. The number of hydrogen-bond acceptors (Lipinski definition) is 6. The van der Waals surface area contributed by atoms with E-state index in [1.54, 1.807) is 26.4 Å². The average Bonchev–Trinajstić information content (AvgIpc) is 2.74. The Bertz CT molecular complexity index is 808. The summed E-state index contributed by atoms with van der Waals surface area (Å²) in [6.07, 6.45) is 3.41. The minimum atomic E-state index is -0.647. The van der Waals surface area contributed by atoms with Crippen LogP contribution in [0.5, 0.6) is 11.5 Å². The van der Waals surface area contributed by atoms with Gasteiger partial charge in [-0.1, -0.05) is 12.5 Å². The van der Waals surface area contributed by atoms with Crippen molar-refractivity contribution in [3.05, 3.63) is 35.0 Å². The maximum absolute atomic E-state index is 12.7. The van der Waals surface area contributed by atoms with Crippen LogP contribution < -0.4 is 20.1 Å². The van der Waals surface area contributed by atoms with Crippen LogP contribution in [0.1, 0.15) is 37.8 Å². The maximum atomic E-state index is 12.7. The van der Waals surface area contributed by atoms with Crippen LogP contribution in [0.3, 0.4) is 0 Å². The monoisotopic (exact) mass is 403 g/mol. The average molecular weight is 403 g/mol. The molecule has 2 aliphatic rings. The van der Waals surface area contributed by atoms with Crippen LogP contribution in [-0.4, -0.2) is 57.4 Å². The van der Waals surface area contributed by atoms with Crippen LogP contribution in [0, 0.1) is 0 Å². The van der Waals surface area contributed by atoms with Crippen LogP contribution in [0.2, 0.25) is 0 Å². The highest BCUT2D eigenvalue weighted by molar-refractivity contribution is 5.95. The molecule has 0 aliphatic carbocycles. The van der Waals surface area contributed by atoms with Gasteiger partial charge in [0.05, 0.1) is 32.9 Å². The first-order valence-electron chi connectivity index (χ1n) is 9.83. The Kier molecular flexibility index (Phi) is 6.64. The summed E-state index contributed by atoms with van der Waals surface area (Å²) in [4.78, 5) is 27.4. The molecule has 8 heteroatoms. The van der Waals surface area contributed by atoms with Crippen molar-refractivity contribution in [3.8, 4) is 11.5 Å². The number of carbonyl (C=O) groups excluding carboxylic acids is 2. The Morgan fingerprint density at radius 3 is 2.59 bits per heavy atom. The third kappa shape index (κ3) is 4.48. The lowest BCUT2D eigenvalue weighted by Gasteiger charge is -2.36. The predicted molar refractivity (Wildman–Crippen MR) is 108 cm³/mol. The number of benzene rings is 1. The van der Waals surface area contributed by atoms with Crippen molar-refractivity contribution in [1.29, 1.82) is 0 Å². The smallest absolute Gasteiger partial charge is 0.338 e. The predicted octanol–water partition coefficient (Wildman–Crippen LogP) is 2.36. The van der Waals surface area contributed by atoms with Gasteiger partial charge in [0.1, 0.15) is 0 Å². The quantitative estimate of drug-likeness (QED) is 0.709. The fraction of sp³-hybridized carbons (Fsp3) is 0.524. The van der Waals surface area contributed by atoms with Gasteiger partial charge in [-0.15, -0.1) is 0 Å². The lowest BCUT2D eigenvalue weighted by molar-refractivity contribution is -0.136. The minimum Gasteiger partial charge on any atom is -0.493 e. The molecule has 2 atom stereocenters. The van der Waals surface area contributed by atoms with Crippen molar-refractivity contribution in [1.82, 2.24) is 15.5 Å². The number of nitrogens with one attached hydrogen (secondary N) is 2. The first-order valence-corrected chi connectivity index (χ1v) is 9.83. The van der Waals surface area contributed by atoms with Gasteiger partial charge < -0.3 is 24.8 Å². The van der Waals surface area contributed by atoms with Crippen LogP contribution >= 0.6 is 0 Å². The van der Waals surface area contributed by atoms with Crippen LogP contribution in [0.25, 0.3) is 0 Å². The summed E-state index contributed by atoms with van der Waals surface area (Å²) in [7, 11) is 4.45. The van der Waals surface area contributed by atoms with Gasteiger partial charge in [-0.05, 0) is 44.0 Å². The lowest BCUT2D eigenvalue weighted by Crippen LogP contribution is -2.50. The summed E-state index contributed by atoms with van der Waals surface area (Å²) in [6, 6.07) is 4.72. The Hall–Kier alpha value is -2.74. The van der Waals surface area contributed by atoms with Crippen molar-refractivity contribution in [2.24, 2.45) is 0 Å². The van der Waals surface area contributed by atoms with Gasteiger partial charge in [0, 0.05) is 18.3 Å². The van der Waals surface area contributed by atoms with E-state index in [0.29, 0.717) is 40.9 Å². The van der Waals surface area contributed by atoms with Crippen molar-refractivity contribution in [2.45, 2.75) is 38.3 Å². The molecule has 0 aromatic heterocycles.